The quantitative estimate of drug-likeness (QED) is 0.413. The molecule has 5 nitrogen and oxygen atoms in total. The molecule has 1 aliphatic heterocycles. The second-order valence-electron chi connectivity index (χ2n) is 6.95. The second-order valence-corrected chi connectivity index (χ2v) is 6.95. The van der Waals surface area contributed by atoms with Gasteiger partial charge in [0.05, 0.1) is 6.10 Å². The van der Waals surface area contributed by atoms with E-state index in [4.69, 9.17) is 9.47 Å². The summed E-state index contributed by atoms with van der Waals surface area (Å²) < 4.78 is 25.7. The number of esters is 1. The third-order valence-corrected chi connectivity index (χ3v) is 4.91. The molecule has 0 N–H and O–H groups in total. The van der Waals surface area contributed by atoms with Crippen LogP contribution in [0, 0.1) is 19.7 Å². The van der Waals surface area contributed by atoms with Crippen LogP contribution >= 0.6 is 0 Å². The predicted octanol–water partition coefficient (Wildman–Crippen LogP) is 3.86. The van der Waals surface area contributed by atoms with Crippen LogP contribution in [-0.2, 0) is 20.8 Å². The molecule has 28 heavy (non-hydrogen) atoms. The van der Waals surface area contributed by atoms with Gasteiger partial charge in [0.15, 0.2) is 6.61 Å². The van der Waals surface area contributed by atoms with Crippen molar-refractivity contribution in [2.75, 3.05) is 13.2 Å². The first-order valence-corrected chi connectivity index (χ1v) is 9.36. The van der Waals surface area contributed by atoms with Crippen LogP contribution in [-0.4, -0.2) is 35.6 Å². The minimum absolute atomic E-state index is 0.183. The number of aromatic nitrogens is 1. The molecule has 1 saturated heterocycles. The topological polar surface area (TPSA) is 57.5 Å². The Morgan fingerprint density at radius 1 is 1.29 bits per heavy atom. The van der Waals surface area contributed by atoms with Gasteiger partial charge in [-0.05, 0) is 56.5 Å². The van der Waals surface area contributed by atoms with Crippen LogP contribution in [0.5, 0.6) is 0 Å². The number of hydrogen-bond donors (Lipinski definition) is 0. The highest BCUT2D eigenvalue weighted by atomic mass is 19.1. The minimum Gasteiger partial charge on any atom is -0.454 e. The molecule has 148 valence electrons. The van der Waals surface area contributed by atoms with Gasteiger partial charge in [0.25, 0.3) is 0 Å². The molecule has 1 unspecified atom stereocenters. The van der Waals surface area contributed by atoms with Gasteiger partial charge in [0.2, 0.25) is 5.78 Å². The van der Waals surface area contributed by atoms with Crippen molar-refractivity contribution in [2.24, 2.45) is 0 Å². The lowest BCUT2D eigenvalue weighted by atomic mass is 10.1. The molecule has 0 aliphatic carbocycles. The summed E-state index contributed by atoms with van der Waals surface area (Å²) in [5.41, 5.74) is 3.07. The molecular formula is C22H24FNO4. The van der Waals surface area contributed by atoms with E-state index in [0.717, 1.165) is 37.4 Å². The van der Waals surface area contributed by atoms with Gasteiger partial charge < -0.3 is 14.0 Å². The second kappa shape index (κ2) is 8.97. The van der Waals surface area contributed by atoms with Crippen molar-refractivity contribution in [1.82, 2.24) is 4.57 Å². The van der Waals surface area contributed by atoms with Crippen LogP contribution < -0.4 is 0 Å². The molecule has 3 rings (SSSR count). The summed E-state index contributed by atoms with van der Waals surface area (Å²) in [6.07, 6.45) is 5.01. The molecule has 0 saturated carbocycles. The number of ketones is 1. The first kappa shape index (κ1) is 20.0. The van der Waals surface area contributed by atoms with E-state index in [1.54, 1.807) is 12.1 Å². The number of ether oxygens (including phenoxy) is 2. The van der Waals surface area contributed by atoms with E-state index in [-0.39, 0.29) is 24.3 Å². The van der Waals surface area contributed by atoms with Crippen molar-refractivity contribution >= 4 is 17.8 Å². The molecule has 0 spiro atoms. The van der Waals surface area contributed by atoms with Crippen molar-refractivity contribution in [3.63, 3.8) is 0 Å². The lowest BCUT2D eigenvalue weighted by Gasteiger charge is -2.14. The van der Waals surface area contributed by atoms with E-state index in [9.17, 15) is 14.0 Å². The van der Waals surface area contributed by atoms with Gasteiger partial charge in [0.1, 0.15) is 5.82 Å². The SMILES string of the molecule is Cc1cc(C(=O)COC(=O)C=Cc2ccc(F)cc2)c(C)n1CC1CCCO1. The zero-order chi connectivity index (χ0) is 20.1. The fraction of sp³-hybridized carbons (Fsp3) is 0.364. The largest absolute Gasteiger partial charge is 0.454 e. The van der Waals surface area contributed by atoms with Crippen LogP contribution in [0.3, 0.4) is 0 Å². The molecule has 0 radical (unpaired) electrons. The summed E-state index contributed by atoms with van der Waals surface area (Å²) in [4.78, 5) is 24.3. The summed E-state index contributed by atoms with van der Waals surface area (Å²) in [5.74, 6) is -1.21. The number of nitrogens with zero attached hydrogens (tertiary/aromatic N) is 1. The van der Waals surface area contributed by atoms with E-state index < -0.39 is 5.97 Å². The number of benzene rings is 1. The van der Waals surface area contributed by atoms with Crippen LogP contribution in [0.15, 0.2) is 36.4 Å². The molecule has 0 amide bonds. The fourth-order valence-corrected chi connectivity index (χ4v) is 3.36. The Balaban J connectivity index is 1.57. The highest BCUT2D eigenvalue weighted by Gasteiger charge is 2.21. The van der Waals surface area contributed by atoms with Crippen molar-refractivity contribution in [2.45, 2.75) is 39.3 Å². The van der Waals surface area contributed by atoms with Gasteiger partial charge in [-0.3, -0.25) is 4.79 Å². The average Bonchev–Trinajstić information content (AvgIpc) is 3.29. The van der Waals surface area contributed by atoms with Gasteiger partial charge in [-0.15, -0.1) is 0 Å². The predicted molar refractivity (Wildman–Crippen MR) is 104 cm³/mol. The molecule has 1 aliphatic rings. The zero-order valence-corrected chi connectivity index (χ0v) is 16.1. The molecule has 1 aromatic carbocycles. The lowest BCUT2D eigenvalue weighted by Crippen LogP contribution is -2.18. The van der Waals surface area contributed by atoms with E-state index in [2.05, 4.69) is 4.57 Å². The van der Waals surface area contributed by atoms with Gasteiger partial charge in [-0.1, -0.05) is 12.1 Å². The maximum atomic E-state index is 12.9. The normalized spacial score (nSPS) is 16.6. The van der Waals surface area contributed by atoms with Crippen molar-refractivity contribution in [3.8, 4) is 0 Å². The molecular weight excluding hydrogens is 361 g/mol. The summed E-state index contributed by atoms with van der Waals surface area (Å²) in [7, 11) is 0. The molecule has 0 bridgehead atoms. The molecule has 2 aromatic rings. The van der Waals surface area contributed by atoms with Gasteiger partial charge >= 0.3 is 5.97 Å². The van der Waals surface area contributed by atoms with E-state index >= 15 is 0 Å². The Kier molecular flexibility index (Phi) is 6.41. The Morgan fingerprint density at radius 3 is 2.71 bits per heavy atom. The third-order valence-electron chi connectivity index (χ3n) is 4.91. The maximum Gasteiger partial charge on any atom is 0.331 e. The van der Waals surface area contributed by atoms with Gasteiger partial charge in [0, 0.05) is 36.2 Å². The summed E-state index contributed by atoms with van der Waals surface area (Å²) in [6.45, 7) is 5.04. The van der Waals surface area contributed by atoms with E-state index in [1.165, 1.54) is 24.3 Å². The smallest absolute Gasteiger partial charge is 0.331 e. The number of carbonyl (C=O) groups is 2. The van der Waals surface area contributed by atoms with E-state index in [1.807, 2.05) is 19.9 Å². The first-order valence-electron chi connectivity index (χ1n) is 9.36. The van der Waals surface area contributed by atoms with Gasteiger partial charge in [-0.2, -0.15) is 0 Å². The summed E-state index contributed by atoms with van der Waals surface area (Å²) in [6, 6.07) is 7.54. The number of carbonyl (C=O) groups excluding carboxylic acids is 2. The molecule has 6 heteroatoms. The fourth-order valence-electron chi connectivity index (χ4n) is 3.36. The maximum absolute atomic E-state index is 12.9. The minimum atomic E-state index is -0.620. The van der Waals surface area contributed by atoms with Gasteiger partial charge in [-0.25, -0.2) is 9.18 Å². The third kappa shape index (κ3) is 4.95. The van der Waals surface area contributed by atoms with Crippen LogP contribution in [0.2, 0.25) is 0 Å². The number of Topliss-reactive ketones (excluding diaryl/α,β-unsaturated/α-hetero) is 1. The highest BCUT2D eigenvalue weighted by Crippen LogP contribution is 2.20. The average molecular weight is 385 g/mol. The van der Waals surface area contributed by atoms with Crippen LogP contribution in [0.4, 0.5) is 4.39 Å². The van der Waals surface area contributed by atoms with Crippen molar-refractivity contribution < 1.29 is 23.5 Å². The number of aryl methyl sites for hydroxylation is 1. The number of halogens is 1. The Labute approximate surface area is 163 Å². The zero-order valence-electron chi connectivity index (χ0n) is 16.1. The van der Waals surface area contributed by atoms with E-state index in [0.29, 0.717) is 11.1 Å². The molecule has 1 fully saturated rings. The standard InChI is InChI=1S/C22H24FNO4/c1-15-12-20(16(2)24(15)13-19-4-3-11-27-19)21(25)14-28-22(26)10-7-17-5-8-18(23)9-6-17/h5-10,12,19H,3-4,11,13-14H2,1-2H3. The summed E-state index contributed by atoms with van der Waals surface area (Å²) >= 11 is 0. The first-order chi connectivity index (χ1) is 13.4. The van der Waals surface area contributed by atoms with Crippen molar-refractivity contribution in [1.29, 1.82) is 0 Å². The Morgan fingerprint density at radius 2 is 2.04 bits per heavy atom. The molecule has 2 heterocycles. The molecule has 1 aromatic heterocycles. The van der Waals surface area contributed by atoms with Crippen molar-refractivity contribution in [3.05, 3.63) is 64.7 Å². The monoisotopic (exact) mass is 385 g/mol. The highest BCUT2D eigenvalue weighted by molar-refractivity contribution is 6.00. The number of hydrogen-bond acceptors (Lipinski definition) is 4. The lowest BCUT2D eigenvalue weighted by molar-refractivity contribution is -0.136. The van der Waals surface area contributed by atoms with Crippen LogP contribution in [0.1, 0.15) is 40.2 Å². The van der Waals surface area contributed by atoms with Crippen LogP contribution in [0.25, 0.3) is 6.08 Å². The summed E-state index contributed by atoms with van der Waals surface area (Å²) in [5, 5.41) is 0. The molecule has 1 atom stereocenters. The Bertz CT molecular complexity index is 877. The number of rotatable bonds is 7. The Hall–Kier alpha value is -2.73.